The second-order valence-corrected chi connectivity index (χ2v) is 6.11. The van der Waals surface area contributed by atoms with Crippen LogP contribution in [0.3, 0.4) is 0 Å². The number of benzene rings is 1. The van der Waals surface area contributed by atoms with E-state index < -0.39 is 12.2 Å². The number of carbonyl (C=O) groups is 2. The molecular weight excluding hydrogens is 334 g/mol. The highest BCUT2D eigenvalue weighted by Gasteiger charge is 2.08. The first-order valence-electron chi connectivity index (χ1n) is 9.54. The van der Waals surface area contributed by atoms with Gasteiger partial charge in [0.15, 0.2) is 0 Å². The Morgan fingerprint density at radius 1 is 0.885 bits per heavy atom. The summed E-state index contributed by atoms with van der Waals surface area (Å²) < 4.78 is 15.3. The third-order valence-electron chi connectivity index (χ3n) is 3.73. The number of anilines is 1. The maximum atomic E-state index is 11.7. The van der Waals surface area contributed by atoms with Crippen LogP contribution in [0.2, 0.25) is 0 Å². The lowest BCUT2D eigenvalue weighted by Gasteiger charge is -2.09. The first-order valence-corrected chi connectivity index (χ1v) is 9.54. The second-order valence-electron chi connectivity index (χ2n) is 6.11. The fourth-order valence-corrected chi connectivity index (χ4v) is 2.30. The van der Waals surface area contributed by atoms with Crippen LogP contribution < -0.4 is 10.1 Å². The summed E-state index contributed by atoms with van der Waals surface area (Å²) in [6.45, 7) is 5.00. The van der Waals surface area contributed by atoms with E-state index in [0.29, 0.717) is 24.7 Å². The Morgan fingerprint density at radius 2 is 1.54 bits per heavy atom. The maximum absolute atomic E-state index is 11.7. The molecule has 6 nitrogen and oxygen atoms in total. The fourth-order valence-electron chi connectivity index (χ4n) is 2.30. The van der Waals surface area contributed by atoms with E-state index in [2.05, 4.69) is 19.2 Å². The van der Waals surface area contributed by atoms with E-state index in [1.165, 1.54) is 0 Å². The zero-order chi connectivity index (χ0) is 19.0. The van der Waals surface area contributed by atoms with Gasteiger partial charge < -0.3 is 14.2 Å². The Kier molecular flexibility index (Phi) is 11.7. The molecule has 1 rings (SSSR count). The number of unbranched alkanes of at least 4 members (excludes halogenated alkanes) is 6. The predicted octanol–water partition coefficient (Wildman–Crippen LogP) is 5.91. The third kappa shape index (κ3) is 10.6. The summed E-state index contributed by atoms with van der Waals surface area (Å²) >= 11 is 0. The molecule has 0 bridgehead atoms. The predicted molar refractivity (Wildman–Crippen MR) is 102 cm³/mol. The molecule has 0 aliphatic heterocycles. The maximum Gasteiger partial charge on any atom is 0.513 e. The van der Waals surface area contributed by atoms with Crippen LogP contribution in [-0.4, -0.2) is 25.5 Å². The van der Waals surface area contributed by atoms with Gasteiger partial charge in [-0.05, 0) is 25.0 Å². The van der Waals surface area contributed by atoms with Gasteiger partial charge >= 0.3 is 12.2 Å². The van der Waals surface area contributed by atoms with E-state index >= 15 is 0 Å². The molecule has 0 saturated carbocycles. The molecule has 1 aromatic carbocycles. The quantitative estimate of drug-likeness (QED) is 0.283. The smallest absolute Gasteiger partial charge is 0.449 e. The molecule has 6 heteroatoms. The van der Waals surface area contributed by atoms with Crippen molar-refractivity contribution in [1.29, 1.82) is 0 Å². The highest BCUT2D eigenvalue weighted by molar-refractivity contribution is 5.85. The largest absolute Gasteiger partial charge is 0.513 e. The molecule has 0 heterocycles. The number of nitrogens with one attached hydrogen (secondary N) is 1. The van der Waals surface area contributed by atoms with E-state index in [0.717, 1.165) is 51.4 Å². The van der Waals surface area contributed by atoms with E-state index in [9.17, 15) is 9.59 Å². The standard InChI is InChI=1S/C20H31NO5/c1-3-5-7-9-14-24-19(22)21-17-12-11-13-18(16-17)26-20(23)25-15-10-8-6-4-2/h11-13,16H,3-10,14-15H2,1-2H3,(H,21,22). The molecule has 0 saturated heterocycles. The summed E-state index contributed by atoms with van der Waals surface area (Å²) in [5.74, 6) is 0.310. The molecule has 0 spiro atoms. The van der Waals surface area contributed by atoms with Gasteiger partial charge in [-0.2, -0.15) is 0 Å². The van der Waals surface area contributed by atoms with Gasteiger partial charge in [0, 0.05) is 11.8 Å². The van der Waals surface area contributed by atoms with Crippen LogP contribution in [0, 0.1) is 0 Å². The fraction of sp³-hybridized carbons (Fsp3) is 0.600. The zero-order valence-corrected chi connectivity index (χ0v) is 15.9. The minimum Gasteiger partial charge on any atom is -0.449 e. The molecule has 1 amide bonds. The Bertz CT molecular complexity index is 489. The van der Waals surface area contributed by atoms with Gasteiger partial charge in [0.25, 0.3) is 0 Å². The lowest BCUT2D eigenvalue weighted by atomic mass is 10.2. The van der Waals surface area contributed by atoms with Crippen molar-refractivity contribution in [3.8, 4) is 5.75 Å². The van der Waals surface area contributed by atoms with E-state index in [1.807, 2.05) is 0 Å². The minimum absolute atomic E-state index is 0.310. The van der Waals surface area contributed by atoms with Gasteiger partial charge in [-0.25, -0.2) is 9.59 Å². The van der Waals surface area contributed by atoms with Crippen molar-refractivity contribution < 1.29 is 23.8 Å². The third-order valence-corrected chi connectivity index (χ3v) is 3.73. The summed E-state index contributed by atoms with van der Waals surface area (Å²) in [7, 11) is 0. The Hall–Kier alpha value is -2.24. The molecule has 1 N–H and O–H groups in total. The van der Waals surface area contributed by atoms with Crippen molar-refractivity contribution in [3.05, 3.63) is 24.3 Å². The number of hydrogen-bond acceptors (Lipinski definition) is 5. The van der Waals surface area contributed by atoms with Crippen molar-refractivity contribution >= 4 is 17.9 Å². The highest BCUT2D eigenvalue weighted by Crippen LogP contribution is 2.18. The molecule has 0 atom stereocenters. The number of amides is 1. The molecule has 0 aliphatic rings. The van der Waals surface area contributed by atoms with Crippen LogP contribution in [0.25, 0.3) is 0 Å². The normalized spacial score (nSPS) is 10.2. The van der Waals surface area contributed by atoms with E-state index in [4.69, 9.17) is 14.2 Å². The zero-order valence-electron chi connectivity index (χ0n) is 15.9. The Morgan fingerprint density at radius 3 is 2.19 bits per heavy atom. The van der Waals surface area contributed by atoms with Crippen molar-refractivity contribution in [2.24, 2.45) is 0 Å². The number of rotatable bonds is 12. The molecule has 26 heavy (non-hydrogen) atoms. The van der Waals surface area contributed by atoms with Gasteiger partial charge in [-0.15, -0.1) is 0 Å². The van der Waals surface area contributed by atoms with Crippen LogP contribution in [-0.2, 0) is 9.47 Å². The number of ether oxygens (including phenoxy) is 3. The van der Waals surface area contributed by atoms with Gasteiger partial charge in [0.05, 0.1) is 13.2 Å². The molecule has 0 aliphatic carbocycles. The van der Waals surface area contributed by atoms with E-state index in [1.54, 1.807) is 24.3 Å². The van der Waals surface area contributed by atoms with Gasteiger partial charge in [0.2, 0.25) is 0 Å². The van der Waals surface area contributed by atoms with E-state index in [-0.39, 0.29) is 0 Å². The molecule has 0 radical (unpaired) electrons. The average molecular weight is 365 g/mol. The van der Waals surface area contributed by atoms with Crippen molar-refractivity contribution in [3.63, 3.8) is 0 Å². The monoisotopic (exact) mass is 365 g/mol. The molecule has 0 aromatic heterocycles. The first-order chi connectivity index (χ1) is 12.7. The van der Waals surface area contributed by atoms with Crippen molar-refractivity contribution in [2.45, 2.75) is 65.2 Å². The number of carbonyl (C=O) groups excluding carboxylic acids is 2. The van der Waals surface area contributed by atoms with Gasteiger partial charge in [-0.3, -0.25) is 5.32 Å². The molecule has 146 valence electrons. The summed E-state index contributed by atoms with van der Waals surface area (Å²) in [5.41, 5.74) is 0.497. The molecule has 1 aromatic rings. The first kappa shape index (κ1) is 21.8. The van der Waals surface area contributed by atoms with Crippen LogP contribution >= 0.6 is 0 Å². The Balaban J connectivity index is 2.30. The molecule has 0 unspecified atom stereocenters. The van der Waals surface area contributed by atoms with Gasteiger partial charge in [0.1, 0.15) is 5.75 Å². The van der Waals surface area contributed by atoms with Gasteiger partial charge in [-0.1, -0.05) is 58.4 Å². The van der Waals surface area contributed by atoms with Crippen LogP contribution in [0.5, 0.6) is 5.75 Å². The van der Waals surface area contributed by atoms with Crippen LogP contribution in [0.4, 0.5) is 15.3 Å². The lowest BCUT2D eigenvalue weighted by molar-refractivity contribution is 0.0973. The van der Waals surface area contributed by atoms with Crippen LogP contribution in [0.15, 0.2) is 24.3 Å². The summed E-state index contributed by atoms with van der Waals surface area (Å²) in [4.78, 5) is 23.4. The topological polar surface area (TPSA) is 73.9 Å². The van der Waals surface area contributed by atoms with Crippen molar-refractivity contribution in [1.82, 2.24) is 0 Å². The summed E-state index contributed by atoms with van der Waals surface area (Å²) in [6.07, 6.45) is 7.04. The average Bonchev–Trinajstić information content (AvgIpc) is 2.61. The van der Waals surface area contributed by atoms with Crippen molar-refractivity contribution in [2.75, 3.05) is 18.5 Å². The minimum atomic E-state index is -0.739. The number of hydrogen-bond donors (Lipinski definition) is 1. The highest BCUT2D eigenvalue weighted by atomic mass is 16.7. The molecule has 0 fully saturated rings. The summed E-state index contributed by atoms with van der Waals surface area (Å²) in [6, 6.07) is 6.55. The summed E-state index contributed by atoms with van der Waals surface area (Å²) in [5, 5.41) is 2.62. The Labute approximate surface area is 156 Å². The second kappa shape index (κ2) is 14.0. The molecular formula is C20H31NO5. The lowest BCUT2D eigenvalue weighted by Crippen LogP contribution is -2.15. The SMILES string of the molecule is CCCCCCOC(=O)Nc1cccc(OC(=O)OCCCCCC)c1. The van der Waals surface area contributed by atoms with Crippen LogP contribution in [0.1, 0.15) is 65.2 Å².